The maximum Gasteiger partial charge on any atom is 0.341 e. The zero-order valence-corrected chi connectivity index (χ0v) is 19.0. The van der Waals surface area contributed by atoms with E-state index in [1.807, 2.05) is 13.8 Å². The minimum atomic E-state index is -0.443. The highest BCUT2D eigenvalue weighted by Gasteiger charge is 2.29. The molecule has 0 radical (unpaired) electrons. The lowest BCUT2D eigenvalue weighted by Crippen LogP contribution is -2.28. The van der Waals surface area contributed by atoms with Gasteiger partial charge in [0.25, 0.3) is 5.56 Å². The van der Waals surface area contributed by atoms with Crippen molar-refractivity contribution in [2.75, 3.05) is 12.4 Å². The quantitative estimate of drug-likeness (QED) is 0.619. The van der Waals surface area contributed by atoms with Crippen molar-refractivity contribution in [3.8, 4) is 0 Å². The molecular formula is C21H23N3O4S2. The van der Waals surface area contributed by atoms with Crippen LogP contribution in [0, 0.1) is 19.8 Å². The third-order valence-electron chi connectivity index (χ3n) is 5.62. The lowest BCUT2D eigenvalue weighted by atomic mass is 9.88. The molecule has 3 aromatic rings. The lowest BCUT2D eigenvalue weighted by Gasteiger charge is -2.18. The first kappa shape index (κ1) is 20.7. The van der Waals surface area contributed by atoms with Crippen molar-refractivity contribution in [3.05, 3.63) is 43.1 Å². The van der Waals surface area contributed by atoms with Gasteiger partial charge in [0.05, 0.1) is 24.4 Å². The van der Waals surface area contributed by atoms with Gasteiger partial charge in [0.2, 0.25) is 5.91 Å². The molecule has 1 aliphatic carbocycles. The van der Waals surface area contributed by atoms with Gasteiger partial charge in [-0.05, 0) is 50.2 Å². The third-order valence-corrected chi connectivity index (χ3v) is 7.91. The summed E-state index contributed by atoms with van der Waals surface area (Å²) in [7, 11) is 1.34. The van der Waals surface area contributed by atoms with Crippen LogP contribution >= 0.6 is 22.7 Å². The van der Waals surface area contributed by atoms with Crippen LogP contribution in [-0.4, -0.2) is 28.5 Å². The summed E-state index contributed by atoms with van der Waals surface area (Å²) in [6.45, 7) is 5.85. The van der Waals surface area contributed by atoms with Crippen LogP contribution in [0.25, 0.3) is 10.2 Å². The molecule has 4 rings (SSSR count). The number of methoxy groups -OCH3 is 1. The van der Waals surface area contributed by atoms with E-state index >= 15 is 0 Å². The third kappa shape index (κ3) is 3.56. The molecule has 1 aliphatic rings. The van der Waals surface area contributed by atoms with Gasteiger partial charge in [0.1, 0.15) is 16.4 Å². The van der Waals surface area contributed by atoms with Crippen LogP contribution in [0.3, 0.4) is 0 Å². The number of aromatic nitrogens is 2. The molecule has 3 aromatic heterocycles. The van der Waals surface area contributed by atoms with E-state index in [0.29, 0.717) is 26.7 Å². The first-order valence-corrected chi connectivity index (χ1v) is 11.4. The highest BCUT2D eigenvalue weighted by atomic mass is 32.1. The Labute approximate surface area is 181 Å². The van der Waals surface area contributed by atoms with Crippen LogP contribution < -0.4 is 10.9 Å². The first-order chi connectivity index (χ1) is 14.3. The Morgan fingerprint density at radius 1 is 1.33 bits per heavy atom. The number of aryl methyl sites for hydroxylation is 2. The van der Waals surface area contributed by atoms with Gasteiger partial charge in [-0.15, -0.1) is 22.7 Å². The van der Waals surface area contributed by atoms with Gasteiger partial charge in [0.15, 0.2) is 0 Å². The molecule has 0 bridgehead atoms. The molecule has 0 unspecified atom stereocenters. The Morgan fingerprint density at radius 3 is 2.83 bits per heavy atom. The van der Waals surface area contributed by atoms with E-state index in [4.69, 9.17) is 4.74 Å². The van der Waals surface area contributed by atoms with Crippen LogP contribution in [0.2, 0.25) is 0 Å². The number of esters is 1. The molecule has 1 atom stereocenters. The topological polar surface area (TPSA) is 90.3 Å². The second-order valence-electron chi connectivity index (χ2n) is 7.74. The van der Waals surface area contributed by atoms with Crippen LogP contribution in [0.15, 0.2) is 11.1 Å². The Balaban J connectivity index is 1.63. The second kappa shape index (κ2) is 7.96. The minimum Gasteiger partial charge on any atom is -0.465 e. The lowest BCUT2D eigenvalue weighted by molar-refractivity contribution is -0.116. The Hall–Kier alpha value is -2.52. The predicted molar refractivity (Wildman–Crippen MR) is 119 cm³/mol. The van der Waals surface area contributed by atoms with E-state index in [0.717, 1.165) is 40.1 Å². The monoisotopic (exact) mass is 445 g/mol. The second-order valence-corrected chi connectivity index (χ2v) is 10.0. The summed E-state index contributed by atoms with van der Waals surface area (Å²) >= 11 is 2.90. The van der Waals surface area contributed by atoms with Crippen molar-refractivity contribution < 1.29 is 14.3 Å². The van der Waals surface area contributed by atoms with Gasteiger partial charge in [-0.3, -0.25) is 14.2 Å². The van der Waals surface area contributed by atoms with Crippen LogP contribution in [0.4, 0.5) is 5.00 Å². The molecule has 0 aromatic carbocycles. The van der Waals surface area contributed by atoms with Gasteiger partial charge in [-0.2, -0.15) is 0 Å². The van der Waals surface area contributed by atoms with E-state index in [2.05, 4.69) is 17.2 Å². The molecule has 3 heterocycles. The van der Waals surface area contributed by atoms with Crippen molar-refractivity contribution >= 4 is 49.8 Å². The number of thiophene rings is 2. The van der Waals surface area contributed by atoms with Gasteiger partial charge < -0.3 is 10.1 Å². The standard InChI is InChI=1S/C21H23N3O4S2/c1-10-5-6-13-14(7-10)30-19(17(13)21(27)28-4)23-15(25)8-24-9-22-18-16(20(24)26)11(2)12(3)29-18/h9-10H,5-8H2,1-4H3,(H,23,25)/t10-/m1/s1. The maximum atomic E-state index is 12.8. The summed E-state index contributed by atoms with van der Waals surface area (Å²) < 4.78 is 6.27. The number of nitrogens with zero attached hydrogens (tertiary/aromatic N) is 2. The predicted octanol–water partition coefficient (Wildman–Crippen LogP) is 3.69. The summed E-state index contributed by atoms with van der Waals surface area (Å²) in [6, 6.07) is 0. The van der Waals surface area contributed by atoms with Gasteiger partial charge in [-0.25, -0.2) is 9.78 Å². The molecule has 7 nitrogen and oxygen atoms in total. The number of rotatable bonds is 4. The van der Waals surface area contributed by atoms with Crippen molar-refractivity contribution in [2.24, 2.45) is 5.92 Å². The minimum absolute atomic E-state index is 0.171. The number of nitrogens with one attached hydrogen (secondary N) is 1. The summed E-state index contributed by atoms with van der Waals surface area (Å²) in [6.07, 6.45) is 4.09. The normalized spacial score (nSPS) is 15.8. The number of hydrogen-bond acceptors (Lipinski definition) is 7. The van der Waals surface area contributed by atoms with E-state index < -0.39 is 5.97 Å². The van der Waals surface area contributed by atoms with E-state index in [-0.39, 0.29) is 18.0 Å². The number of amides is 1. The molecule has 0 saturated carbocycles. The van der Waals surface area contributed by atoms with Gasteiger partial charge in [-0.1, -0.05) is 6.92 Å². The average molecular weight is 446 g/mol. The summed E-state index contributed by atoms with van der Waals surface area (Å²) in [5.74, 6) is -0.277. The average Bonchev–Trinajstić information content (AvgIpc) is 3.20. The SMILES string of the molecule is COC(=O)c1c(NC(=O)Cn2cnc3sc(C)c(C)c3c2=O)sc2c1CC[C@@H](C)C2. The molecule has 0 fully saturated rings. The molecular weight excluding hydrogens is 422 g/mol. The van der Waals surface area contributed by atoms with Crippen molar-refractivity contribution in [1.82, 2.24) is 9.55 Å². The summed E-state index contributed by atoms with van der Waals surface area (Å²) in [4.78, 5) is 45.2. The van der Waals surface area contributed by atoms with E-state index in [1.165, 1.54) is 40.7 Å². The fraction of sp³-hybridized carbons (Fsp3) is 0.429. The van der Waals surface area contributed by atoms with Gasteiger partial charge >= 0.3 is 5.97 Å². The molecule has 0 aliphatic heterocycles. The van der Waals surface area contributed by atoms with Crippen LogP contribution in [0.5, 0.6) is 0 Å². The smallest absolute Gasteiger partial charge is 0.341 e. The molecule has 1 amide bonds. The first-order valence-electron chi connectivity index (χ1n) is 9.78. The van der Waals surface area contributed by atoms with E-state index in [1.54, 1.807) is 0 Å². The number of anilines is 1. The summed E-state index contributed by atoms with van der Waals surface area (Å²) in [5, 5.41) is 3.89. The van der Waals surface area contributed by atoms with Gasteiger partial charge in [0, 0.05) is 9.75 Å². The van der Waals surface area contributed by atoms with Crippen molar-refractivity contribution in [3.63, 3.8) is 0 Å². The molecule has 1 N–H and O–H groups in total. The number of carbonyl (C=O) groups excluding carboxylic acids is 2. The maximum absolute atomic E-state index is 12.8. The Kier molecular flexibility index (Phi) is 5.50. The number of ether oxygens (including phenoxy) is 1. The highest BCUT2D eigenvalue weighted by Crippen LogP contribution is 2.40. The fourth-order valence-corrected chi connectivity index (χ4v) is 6.26. The zero-order chi connectivity index (χ0) is 21.6. The zero-order valence-electron chi connectivity index (χ0n) is 17.3. The van der Waals surface area contributed by atoms with Crippen LogP contribution in [-0.2, 0) is 28.9 Å². The summed E-state index contributed by atoms with van der Waals surface area (Å²) in [5.41, 5.74) is 2.09. The molecule has 30 heavy (non-hydrogen) atoms. The number of carbonyl (C=O) groups is 2. The molecule has 0 spiro atoms. The van der Waals surface area contributed by atoms with Crippen molar-refractivity contribution in [2.45, 2.75) is 46.6 Å². The van der Waals surface area contributed by atoms with Crippen molar-refractivity contribution in [1.29, 1.82) is 0 Å². The van der Waals surface area contributed by atoms with Crippen LogP contribution in [0.1, 0.15) is 44.6 Å². The van der Waals surface area contributed by atoms with E-state index in [9.17, 15) is 14.4 Å². The number of fused-ring (bicyclic) bond motifs is 2. The Morgan fingerprint density at radius 2 is 2.10 bits per heavy atom. The molecule has 9 heteroatoms. The Bertz CT molecular complexity index is 1220. The largest absolute Gasteiger partial charge is 0.465 e. The fourth-order valence-electron chi connectivity index (χ4n) is 3.86. The molecule has 158 valence electrons. The number of hydrogen-bond donors (Lipinski definition) is 1. The highest BCUT2D eigenvalue weighted by molar-refractivity contribution is 7.18. The molecule has 0 saturated heterocycles.